The van der Waals surface area contributed by atoms with Crippen molar-refractivity contribution in [3.8, 4) is 22.4 Å². The van der Waals surface area contributed by atoms with Gasteiger partial charge in [0.2, 0.25) is 0 Å². The number of carbonyl (C=O) groups is 1. The molecule has 2 fully saturated rings. The molecule has 8 nitrogen and oxygen atoms in total. The molecule has 206 valence electrons. The number of carbonyl (C=O) groups excluding carboxylic acids is 1. The largest absolute Gasteiger partial charge is 0.389 e. The minimum absolute atomic E-state index is 0.0930. The van der Waals surface area contributed by atoms with Crippen molar-refractivity contribution in [2.75, 3.05) is 55.3 Å². The third-order valence-corrected chi connectivity index (χ3v) is 7.12. The summed E-state index contributed by atoms with van der Waals surface area (Å²) in [6.07, 6.45) is -3.11. The molecular formula is C28H31F3N6O2. The molecule has 1 aromatic carbocycles. The smallest absolute Gasteiger partial charge is 0.384 e. The number of aryl methyl sites for hydroxylation is 1. The van der Waals surface area contributed by atoms with Crippen molar-refractivity contribution in [3.63, 3.8) is 0 Å². The Kier molecular flexibility index (Phi) is 7.60. The van der Waals surface area contributed by atoms with Crippen molar-refractivity contribution in [2.24, 2.45) is 5.92 Å². The number of nitrogen functional groups attached to an aromatic ring is 1. The topological polar surface area (TPSA) is 96.6 Å². The third kappa shape index (κ3) is 6.59. The summed E-state index contributed by atoms with van der Waals surface area (Å²) >= 11 is 0. The van der Waals surface area contributed by atoms with Gasteiger partial charge in [-0.1, -0.05) is 6.07 Å². The predicted octanol–water partition coefficient (Wildman–Crippen LogP) is 5.34. The lowest BCUT2D eigenvalue weighted by atomic mass is 9.98. The summed E-state index contributed by atoms with van der Waals surface area (Å²) in [5, 5.41) is 2.87. The molecule has 0 radical (unpaired) electrons. The number of nitrogens with zero attached hydrogens (tertiary/aromatic N) is 4. The maximum absolute atomic E-state index is 12.9. The molecule has 0 saturated carbocycles. The van der Waals surface area contributed by atoms with Gasteiger partial charge in [0.05, 0.1) is 18.9 Å². The number of amides is 2. The Bertz CT molecular complexity index is 1340. The number of nitrogens with two attached hydrogens (primary N) is 1. The predicted molar refractivity (Wildman–Crippen MR) is 144 cm³/mol. The van der Waals surface area contributed by atoms with Crippen LogP contribution in [0.5, 0.6) is 0 Å². The van der Waals surface area contributed by atoms with Crippen molar-refractivity contribution in [3.05, 3.63) is 54.2 Å². The number of ether oxygens (including phenoxy) is 1. The fourth-order valence-corrected chi connectivity index (χ4v) is 5.11. The van der Waals surface area contributed by atoms with Crippen molar-refractivity contribution < 1.29 is 22.7 Å². The Labute approximate surface area is 225 Å². The highest BCUT2D eigenvalue weighted by molar-refractivity contribution is 5.91. The number of hydrogen-bond acceptors (Lipinski definition) is 6. The second-order valence-corrected chi connectivity index (χ2v) is 10.0. The quantitative estimate of drug-likeness (QED) is 0.453. The molecule has 0 bridgehead atoms. The van der Waals surface area contributed by atoms with Gasteiger partial charge in [-0.05, 0) is 72.4 Å². The van der Waals surface area contributed by atoms with Gasteiger partial charge in [0.1, 0.15) is 11.6 Å². The monoisotopic (exact) mass is 540 g/mol. The second kappa shape index (κ2) is 11.1. The number of aromatic nitrogens is 2. The Morgan fingerprint density at radius 2 is 1.90 bits per heavy atom. The molecule has 4 heterocycles. The number of benzene rings is 1. The maximum atomic E-state index is 12.9. The lowest BCUT2D eigenvalue weighted by Gasteiger charge is -2.28. The molecule has 2 aromatic heterocycles. The maximum Gasteiger partial charge on any atom is 0.389 e. The molecule has 11 heteroatoms. The van der Waals surface area contributed by atoms with Crippen molar-refractivity contribution in [1.82, 2.24) is 14.9 Å². The first kappa shape index (κ1) is 26.7. The molecule has 2 saturated heterocycles. The number of urea groups is 1. The van der Waals surface area contributed by atoms with Gasteiger partial charge in [-0.2, -0.15) is 13.2 Å². The molecule has 2 amide bonds. The van der Waals surface area contributed by atoms with Gasteiger partial charge in [0.15, 0.2) is 0 Å². The molecule has 1 atom stereocenters. The van der Waals surface area contributed by atoms with Crippen molar-refractivity contribution in [2.45, 2.75) is 25.9 Å². The Hall–Kier alpha value is -3.86. The van der Waals surface area contributed by atoms with Crippen LogP contribution in [0.1, 0.15) is 18.4 Å². The van der Waals surface area contributed by atoms with Gasteiger partial charge < -0.3 is 25.6 Å². The average molecular weight is 541 g/mol. The van der Waals surface area contributed by atoms with E-state index in [0.29, 0.717) is 50.8 Å². The van der Waals surface area contributed by atoms with Crippen LogP contribution in [0.4, 0.5) is 35.3 Å². The SMILES string of the molecule is Cc1ccc(NC(=O)N2CC[C@@H](CC(F)(F)F)C2)cc1-c1cc(-c2ccnc(N)c2)nc(N2CCOCC2)c1. The van der Waals surface area contributed by atoms with Crippen LogP contribution < -0.4 is 16.0 Å². The van der Waals surface area contributed by atoms with Crippen LogP contribution in [-0.2, 0) is 4.74 Å². The number of anilines is 3. The van der Waals surface area contributed by atoms with Crippen LogP contribution in [0.15, 0.2) is 48.7 Å². The highest BCUT2D eigenvalue weighted by Crippen LogP contribution is 2.34. The van der Waals surface area contributed by atoms with Crippen molar-refractivity contribution >= 4 is 23.4 Å². The molecule has 3 aromatic rings. The number of hydrogen-bond donors (Lipinski definition) is 2. The minimum Gasteiger partial charge on any atom is -0.384 e. The van der Waals surface area contributed by atoms with Crippen LogP contribution in [0, 0.1) is 12.8 Å². The summed E-state index contributed by atoms with van der Waals surface area (Å²) < 4.78 is 43.9. The normalized spacial score (nSPS) is 17.9. The van der Waals surface area contributed by atoms with E-state index in [4.69, 9.17) is 15.5 Å². The van der Waals surface area contributed by atoms with Crippen LogP contribution in [0.3, 0.4) is 0 Å². The molecule has 2 aliphatic rings. The summed E-state index contributed by atoms with van der Waals surface area (Å²) in [5.41, 5.74) is 10.9. The second-order valence-electron chi connectivity index (χ2n) is 10.0. The van der Waals surface area contributed by atoms with Gasteiger partial charge in [0.25, 0.3) is 0 Å². The van der Waals surface area contributed by atoms with Gasteiger partial charge in [-0.3, -0.25) is 0 Å². The van der Waals surface area contributed by atoms with Gasteiger partial charge in [-0.15, -0.1) is 0 Å². The molecule has 3 N–H and O–H groups in total. The van der Waals surface area contributed by atoms with Crippen LogP contribution in [0.25, 0.3) is 22.4 Å². The summed E-state index contributed by atoms with van der Waals surface area (Å²) in [6, 6.07) is 12.8. The number of morpholine rings is 1. The third-order valence-electron chi connectivity index (χ3n) is 7.12. The number of halogens is 3. The zero-order valence-corrected chi connectivity index (χ0v) is 21.7. The van der Waals surface area contributed by atoms with Crippen LogP contribution in [0.2, 0.25) is 0 Å². The van der Waals surface area contributed by atoms with Gasteiger partial charge in [-0.25, -0.2) is 14.8 Å². The summed E-state index contributed by atoms with van der Waals surface area (Å²) in [5.74, 6) is 0.635. The molecule has 39 heavy (non-hydrogen) atoms. The zero-order chi connectivity index (χ0) is 27.6. The number of rotatable bonds is 5. The Balaban J connectivity index is 1.43. The fourth-order valence-electron chi connectivity index (χ4n) is 5.11. The summed E-state index contributed by atoms with van der Waals surface area (Å²) in [6.45, 7) is 5.05. The first-order valence-corrected chi connectivity index (χ1v) is 12.9. The van der Waals surface area contributed by atoms with E-state index in [9.17, 15) is 18.0 Å². The highest BCUT2D eigenvalue weighted by atomic mass is 19.4. The summed E-state index contributed by atoms with van der Waals surface area (Å²) in [7, 11) is 0. The molecular weight excluding hydrogens is 509 g/mol. The number of alkyl halides is 3. The first-order chi connectivity index (χ1) is 18.6. The molecule has 0 aliphatic carbocycles. The van der Waals surface area contributed by atoms with E-state index in [1.807, 2.05) is 37.3 Å². The minimum atomic E-state index is -4.23. The first-order valence-electron chi connectivity index (χ1n) is 12.9. The lowest BCUT2D eigenvalue weighted by molar-refractivity contribution is -0.143. The summed E-state index contributed by atoms with van der Waals surface area (Å²) in [4.78, 5) is 25.5. The fraction of sp³-hybridized carbons (Fsp3) is 0.393. The van der Waals surface area contributed by atoms with E-state index >= 15 is 0 Å². The number of likely N-dealkylation sites (tertiary alicyclic amines) is 1. The highest BCUT2D eigenvalue weighted by Gasteiger charge is 2.36. The number of pyridine rings is 2. The van der Waals surface area contributed by atoms with Crippen molar-refractivity contribution in [1.29, 1.82) is 0 Å². The molecule has 5 rings (SSSR count). The Morgan fingerprint density at radius 3 is 2.64 bits per heavy atom. The Morgan fingerprint density at radius 1 is 1.10 bits per heavy atom. The number of nitrogens with one attached hydrogen (secondary N) is 1. The van der Waals surface area contributed by atoms with Gasteiger partial charge >= 0.3 is 12.2 Å². The van der Waals surface area contributed by atoms with E-state index < -0.39 is 24.5 Å². The van der Waals surface area contributed by atoms with E-state index in [0.717, 1.165) is 33.8 Å². The van der Waals surface area contributed by atoms with E-state index in [2.05, 4.69) is 15.2 Å². The van der Waals surface area contributed by atoms with E-state index in [1.165, 1.54) is 4.90 Å². The van der Waals surface area contributed by atoms with Crippen LogP contribution >= 0.6 is 0 Å². The standard InChI is InChI=1S/C28H31F3N6O2/c1-18-2-3-22(34-27(38)37-7-5-19(17-37)16-28(29,30)31)15-23(18)21-12-24(20-4-6-33-25(32)13-20)35-26(14-21)36-8-10-39-11-9-36/h2-4,6,12-15,19H,5,7-11,16-17H2,1H3,(H2,32,33)(H,34,38)/t19-/m0/s1. The van der Waals surface area contributed by atoms with Crippen LogP contribution in [-0.4, -0.2) is 66.5 Å². The zero-order valence-electron chi connectivity index (χ0n) is 21.7. The molecule has 0 unspecified atom stereocenters. The van der Waals surface area contributed by atoms with Gasteiger partial charge in [0, 0.05) is 50.0 Å². The lowest BCUT2D eigenvalue weighted by Crippen LogP contribution is -2.36. The molecule has 2 aliphatic heterocycles. The van der Waals surface area contributed by atoms with E-state index in [-0.39, 0.29) is 6.54 Å². The van der Waals surface area contributed by atoms with E-state index in [1.54, 1.807) is 18.3 Å². The average Bonchev–Trinajstić information content (AvgIpc) is 3.37. The molecule has 0 spiro atoms.